The third kappa shape index (κ3) is 5.50. The van der Waals surface area contributed by atoms with Crippen LogP contribution < -0.4 is 5.32 Å². The summed E-state index contributed by atoms with van der Waals surface area (Å²) in [5.74, 6) is -0.555. The number of carbonyl (C=O) groups excluding carboxylic acids is 2. The first-order chi connectivity index (χ1) is 14.0. The first-order valence-corrected chi connectivity index (χ1v) is 10.2. The molecule has 154 valence electrons. The SMILES string of the molecule is COC(=O)[C@H](Cc1ccc(C2CCOCC2)cc1)NC(=O)c1c(Cl)cccc1Cl. The molecule has 0 aliphatic carbocycles. The fourth-order valence-corrected chi connectivity index (χ4v) is 4.04. The van der Waals surface area contributed by atoms with E-state index < -0.39 is 17.9 Å². The second kappa shape index (κ2) is 10.1. The number of methoxy groups -OCH3 is 1. The molecule has 0 spiro atoms. The summed E-state index contributed by atoms with van der Waals surface area (Å²) in [5, 5.41) is 3.14. The maximum atomic E-state index is 12.7. The van der Waals surface area contributed by atoms with Gasteiger partial charge >= 0.3 is 5.97 Å². The van der Waals surface area contributed by atoms with Gasteiger partial charge in [0.05, 0.1) is 22.7 Å². The smallest absolute Gasteiger partial charge is 0.328 e. The summed E-state index contributed by atoms with van der Waals surface area (Å²) < 4.78 is 10.3. The number of halogens is 2. The van der Waals surface area contributed by atoms with Crippen LogP contribution in [0.5, 0.6) is 0 Å². The van der Waals surface area contributed by atoms with Crippen LogP contribution in [0.4, 0.5) is 0 Å². The summed E-state index contributed by atoms with van der Waals surface area (Å²) in [5.41, 5.74) is 2.32. The van der Waals surface area contributed by atoms with Gasteiger partial charge in [0, 0.05) is 19.6 Å². The molecule has 0 aromatic heterocycles. The zero-order valence-electron chi connectivity index (χ0n) is 16.1. The summed E-state index contributed by atoms with van der Waals surface area (Å²) in [6.45, 7) is 1.57. The highest BCUT2D eigenvalue weighted by molar-refractivity contribution is 6.39. The lowest BCUT2D eigenvalue weighted by Crippen LogP contribution is -2.43. The zero-order valence-corrected chi connectivity index (χ0v) is 17.6. The van der Waals surface area contributed by atoms with Crippen molar-refractivity contribution in [3.05, 3.63) is 69.2 Å². The van der Waals surface area contributed by atoms with Crippen LogP contribution in [0.25, 0.3) is 0 Å². The van der Waals surface area contributed by atoms with Crippen LogP contribution in [0.3, 0.4) is 0 Å². The summed E-state index contributed by atoms with van der Waals surface area (Å²) >= 11 is 12.2. The van der Waals surface area contributed by atoms with E-state index in [1.165, 1.54) is 12.7 Å². The number of ether oxygens (including phenoxy) is 2. The van der Waals surface area contributed by atoms with Crippen LogP contribution in [0.1, 0.15) is 40.2 Å². The van der Waals surface area contributed by atoms with Crippen LogP contribution in [-0.2, 0) is 20.7 Å². The van der Waals surface area contributed by atoms with E-state index in [0.29, 0.717) is 12.3 Å². The van der Waals surface area contributed by atoms with E-state index in [4.69, 9.17) is 32.7 Å². The van der Waals surface area contributed by atoms with Crippen molar-refractivity contribution in [3.8, 4) is 0 Å². The van der Waals surface area contributed by atoms with Crippen molar-refractivity contribution in [2.45, 2.75) is 31.2 Å². The Morgan fingerprint density at radius 1 is 1.10 bits per heavy atom. The number of hydrogen-bond acceptors (Lipinski definition) is 4. The summed E-state index contributed by atoms with van der Waals surface area (Å²) in [6, 6.07) is 12.1. The lowest BCUT2D eigenvalue weighted by Gasteiger charge is -2.23. The highest BCUT2D eigenvalue weighted by Gasteiger charge is 2.25. The minimum absolute atomic E-state index is 0.139. The molecular weight excluding hydrogens is 413 g/mol. The number of carbonyl (C=O) groups is 2. The molecule has 1 saturated heterocycles. The number of amides is 1. The van der Waals surface area contributed by atoms with Crippen molar-refractivity contribution in [1.29, 1.82) is 0 Å². The Hall–Kier alpha value is -2.08. The van der Waals surface area contributed by atoms with Crippen molar-refractivity contribution in [2.75, 3.05) is 20.3 Å². The van der Waals surface area contributed by atoms with Crippen LogP contribution in [0, 0.1) is 0 Å². The Bertz CT molecular complexity index is 843. The van der Waals surface area contributed by atoms with E-state index in [1.807, 2.05) is 12.1 Å². The first-order valence-electron chi connectivity index (χ1n) is 9.49. The van der Waals surface area contributed by atoms with Gasteiger partial charge in [-0.15, -0.1) is 0 Å². The van der Waals surface area contributed by atoms with Gasteiger partial charge in [-0.1, -0.05) is 53.5 Å². The standard InChI is InChI=1S/C22H23Cl2NO4/c1-28-22(27)19(25-21(26)20-17(23)3-2-4-18(20)24)13-14-5-7-15(8-6-14)16-9-11-29-12-10-16/h2-8,16,19H,9-13H2,1H3,(H,25,26)/t19-/m0/s1. The van der Waals surface area contributed by atoms with E-state index in [1.54, 1.807) is 18.2 Å². The molecule has 0 bridgehead atoms. The number of rotatable bonds is 6. The molecule has 1 fully saturated rings. The molecule has 0 saturated carbocycles. The maximum Gasteiger partial charge on any atom is 0.328 e. The molecule has 1 atom stereocenters. The predicted molar refractivity (Wildman–Crippen MR) is 113 cm³/mol. The fourth-order valence-electron chi connectivity index (χ4n) is 3.47. The van der Waals surface area contributed by atoms with Crippen LogP contribution in [0.15, 0.2) is 42.5 Å². The normalized spacial score (nSPS) is 15.6. The second-order valence-electron chi connectivity index (χ2n) is 6.98. The largest absolute Gasteiger partial charge is 0.467 e. The average molecular weight is 436 g/mol. The summed E-state index contributed by atoms with van der Waals surface area (Å²) in [7, 11) is 1.29. The van der Waals surface area contributed by atoms with Crippen molar-refractivity contribution in [3.63, 3.8) is 0 Å². The number of benzene rings is 2. The van der Waals surface area contributed by atoms with E-state index in [9.17, 15) is 9.59 Å². The van der Waals surface area contributed by atoms with Gasteiger partial charge in [0.15, 0.2) is 0 Å². The molecule has 2 aromatic carbocycles. The predicted octanol–water partition coefficient (Wildman–Crippen LogP) is 4.40. The van der Waals surface area contributed by atoms with E-state index in [2.05, 4.69) is 17.4 Å². The Morgan fingerprint density at radius 2 is 1.72 bits per heavy atom. The van der Waals surface area contributed by atoms with Gasteiger partial charge < -0.3 is 14.8 Å². The molecule has 2 aromatic rings. The first kappa shape index (κ1) is 21.6. The summed E-state index contributed by atoms with van der Waals surface area (Å²) in [6.07, 6.45) is 2.33. The minimum Gasteiger partial charge on any atom is -0.467 e. The highest BCUT2D eigenvalue weighted by atomic mass is 35.5. The Labute approximate surface area is 180 Å². The van der Waals surface area contributed by atoms with Crippen LogP contribution in [-0.4, -0.2) is 38.2 Å². The molecule has 1 aliphatic rings. The highest BCUT2D eigenvalue weighted by Crippen LogP contribution is 2.27. The molecular formula is C22H23Cl2NO4. The quantitative estimate of drug-likeness (QED) is 0.682. The number of esters is 1. The van der Waals surface area contributed by atoms with Gasteiger partial charge in [0.25, 0.3) is 5.91 Å². The number of hydrogen-bond donors (Lipinski definition) is 1. The topological polar surface area (TPSA) is 64.6 Å². The minimum atomic E-state index is -0.853. The van der Waals surface area contributed by atoms with Crippen LogP contribution >= 0.6 is 23.2 Å². The average Bonchev–Trinajstić information content (AvgIpc) is 2.73. The molecule has 3 rings (SSSR count). The molecule has 1 N–H and O–H groups in total. The van der Waals surface area contributed by atoms with Gasteiger partial charge in [0.1, 0.15) is 6.04 Å². The third-order valence-corrected chi connectivity index (χ3v) is 5.72. The van der Waals surface area contributed by atoms with Gasteiger partial charge in [-0.2, -0.15) is 0 Å². The van der Waals surface area contributed by atoms with Crippen molar-refractivity contribution in [1.82, 2.24) is 5.32 Å². The van der Waals surface area contributed by atoms with E-state index in [0.717, 1.165) is 31.6 Å². The second-order valence-corrected chi connectivity index (χ2v) is 7.79. The molecule has 1 amide bonds. The third-order valence-electron chi connectivity index (χ3n) is 5.09. The molecule has 1 aliphatic heterocycles. The lowest BCUT2D eigenvalue weighted by molar-refractivity contribution is -0.142. The van der Waals surface area contributed by atoms with Gasteiger partial charge in [0.2, 0.25) is 0 Å². The maximum absolute atomic E-state index is 12.7. The van der Waals surface area contributed by atoms with E-state index in [-0.39, 0.29) is 15.6 Å². The van der Waals surface area contributed by atoms with Crippen molar-refractivity contribution < 1.29 is 19.1 Å². The lowest BCUT2D eigenvalue weighted by atomic mass is 9.90. The van der Waals surface area contributed by atoms with Crippen molar-refractivity contribution >= 4 is 35.1 Å². The molecule has 7 heteroatoms. The molecule has 0 unspecified atom stereocenters. The zero-order chi connectivity index (χ0) is 20.8. The van der Waals surface area contributed by atoms with Crippen LogP contribution in [0.2, 0.25) is 10.0 Å². The Balaban J connectivity index is 1.72. The Kier molecular flexibility index (Phi) is 7.53. The number of nitrogens with one attached hydrogen (secondary N) is 1. The Morgan fingerprint density at radius 3 is 2.31 bits per heavy atom. The molecule has 29 heavy (non-hydrogen) atoms. The molecule has 0 radical (unpaired) electrons. The fraction of sp³-hybridized carbons (Fsp3) is 0.364. The molecule has 1 heterocycles. The van der Waals surface area contributed by atoms with Gasteiger partial charge in [-0.25, -0.2) is 4.79 Å². The molecule has 5 nitrogen and oxygen atoms in total. The van der Waals surface area contributed by atoms with Crippen molar-refractivity contribution in [2.24, 2.45) is 0 Å². The van der Waals surface area contributed by atoms with Gasteiger partial charge in [-0.05, 0) is 42.0 Å². The summed E-state index contributed by atoms with van der Waals surface area (Å²) in [4.78, 5) is 24.9. The monoisotopic (exact) mass is 435 g/mol. The van der Waals surface area contributed by atoms with Gasteiger partial charge in [-0.3, -0.25) is 4.79 Å². The van der Waals surface area contributed by atoms with E-state index >= 15 is 0 Å².